The van der Waals surface area contributed by atoms with Crippen LogP contribution < -0.4 is 10.2 Å². The number of nitrogens with zero attached hydrogens (tertiary/aromatic N) is 2. The van der Waals surface area contributed by atoms with E-state index in [9.17, 15) is 0 Å². The Bertz CT molecular complexity index is 638. The Hall–Kier alpha value is -1.26. The van der Waals surface area contributed by atoms with E-state index in [0.717, 1.165) is 53.8 Å². The minimum atomic E-state index is 0.410. The zero-order chi connectivity index (χ0) is 15.0. The van der Waals surface area contributed by atoms with E-state index in [1.54, 1.807) is 0 Å². The third kappa shape index (κ3) is 2.74. The van der Waals surface area contributed by atoms with Gasteiger partial charge in [0.1, 0.15) is 5.52 Å². The van der Waals surface area contributed by atoms with Gasteiger partial charge in [0.15, 0.2) is 5.58 Å². The van der Waals surface area contributed by atoms with E-state index < -0.39 is 0 Å². The van der Waals surface area contributed by atoms with Crippen molar-refractivity contribution in [3.63, 3.8) is 0 Å². The lowest BCUT2D eigenvalue weighted by Crippen LogP contribution is -2.53. The largest absolute Gasteiger partial charge is 0.423 e. The Kier molecular flexibility index (Phi) is 4.09. The molecule has 0 saturated carbocycles. The van der Waals surface area contributed by atoms with Gasteiger partial charge >= 0.3 is 0 Å². The summed E-state index contributed by atoms with van der Waals surface area (Å²) in [5, 5.41) is 4.17. The molecule has 5 heteroatoms. The summed E-state index contributed by atoms with van der Waals surface area (Å²) in [7, 11) is 0. The van der Waals surface area contributed by atoms with Crippen LogP contribution in [0.4, 0.5) is 6.01 Å². The van der Waals surface area contributed by atoms with Gasteiger partial charge in [0.05, 0.1) is 0 Å². The molecular formula is C16H22ClN3O. The summed E-state index contributed by atoms with van der Waals surface area (Å²) in [5.74, 6) is 0.544. The highest BCUT2D eigenvalue weighted by Gasteiger charge is 2.28. The first-order chi connectivity index (χ1) is 10.1. The molecule has 3 rings (SSSR count). The zero-order valence-electron chi connectivity index (χ0n) is 12.8. The Balaban J connectivity index is 2.03. The fourth-order valence-electron chi connectivity index (χ4n) is 3.00. The van der Waals surface area contributed by atoms with Gasteiger partial charge in [-0.25, -0.2) is 0 Å². The van der Waals surface area contributed by atoms with Gasteiger partial charge in [0, 0.05) is 30.7 Å². The van der Waals surface area contributed by atoms with Crippen molar-refractivity contribution in [1.29, 1.82) is 0 Å². The predicted molar refractivity (Wildman–Crippen MR) is 87.2 cm³/mol. The molecule has 1 fully saturated rings. The van der Waals surface area contributed by atoms with Crippen LogP contribution in [0.15, 0.2) is 16.5 Å². The number of aryl methyl sites for hydroxylation is 1. The number of hydrogen-bond donors (Lipinski definition) is 1. The van der Waals surface area contributed by atoms with Gasteiger partial charge in [-0.05, 0) is 30.0 Å². The molecular weight excluding hydrogens is 286 g/mol. The molecule has 4 nitrogen and oxygen atoms in total. The van der Waals surface area contributed by atoms with Crippen molar-refractivity contribution in [3.05, 3.63) is 22.7 Å². The van der Waals surface area contributed by atoms with Gasteiger partial charge in [-0.1, -0.05) is 32.4 Å². The summed E-state index contributed by atoms with van der Waals surface area (Å²) >= 11 is 6.17. The summed E-state index contributed by atoms with van der Waals surface area (Å²) in [6.07, 6.45) is 0.890. The fourth-order valence-corrected chi connectivity index (χ4v) is 3.23. The third-order valence-electron chi connectivity index (χ3n) is 4.20. The van der Waals surface area contributed by atoms with Crippen LogP contribution in [0, 0.1) is 5.92 Å². The van der Waals surface area contributed by atoms with E-state index in [2.05, 4.69) is 36.0 Å². The van der Waals surface area contributed by atoms with Crippen molar-refractivity contribution < 1.29 is 4.42 Å². The SMILES string of the molecule is CCc1cc(Cl)cc2nc(N3CCNC[C@@H]3C(C)C)oc12. The van der Waals surface area contributed by atoms with Crippen LogP contribution in [0.1, 0.15) is 26.3 Å². The van der Waals surface area contributed by atoms with Crippen molar-refractivity contribution >= 4 is 28.7 Å². The second-order valence-corrected chi connectivity index (χ2v) is 6.41. The van der Waals surface area contributed by atoms with Crippen molar-refractivity contribution in [3.8, 4) is 0 Å². The van der Waals surface area contributed by atoms with Gasteiger partial charge in [-0.3, -0.25) is 0 Å². The fraction of sp³-hybridized carbons (Fsp3) is 0.562. The van der Waals surface area contributed by atoms with Crippen LogP contribution in [-0.4, -0.2) is 30.7 Å². The lowest BCUT2D eigenvalue weighted by Gasteiger charge is -2.37. The molecule has 0 amide bonds. The normalized spacial score (nSPS) is 19.7. The van der Waals surface area contributed by atoms with Gasteiger partial charge in [-0.15, -0.1) is 0 Å². The Morgan fingerprint density at radius 2 is 2.29 bits per heavy atom. The van der Waals surface area contributed by atoms with Gasteiger partial charge in [0.2, 0.25) is 0 Å². The number of oxazole rings is 1. The van der Waals surface area contributed by atoms with Crippen LogP contribution >= 0.6 is 11.6 Å². The number of nitrogens with one attached hydrogen (secondary N) is 1. The quantitative estimate of drug-likeness (QED) is 0.942. The molecule has 0 spiro atoms. The Morgan fingerprint density at radius 3 is 3.00 bits per heavy atom. The highest BCUT2D eigenvalue weighted by atomic mass is 35.5. The minimum absolute atomic E-state index is 0.410. The lowest BCUT2D eigenvalue weighted by molar-refractivity contribution is 0.368. The molecule has 2 heterocycles. The van der Waals surface area contributed by atoms with E-state index in [1.807, 2.05) is 12.1 Å². The molecule has 1 atom stereocenters. The highest BCUT2D eigenvalue weighted by molar-refractivity contribution is 6.31. The Labute approximate surface area is 130 Å². The van der Waals surface area contributed by atoms with Gasteiger partial charge in [-0.2, -0.15) is 4.98 Å². The first-order valence-electron chi connectivity index (χ1n) is 7.66. The molecule has 0 radical (unpaired) electrons. The van der Waals surface area contributed by atoms with Crippen LogP contribution in [0.5, 0.6) is 0 Å². The Morgan fingerprint density at radius 1 is 1.48 bits per heavy atom. The summed E-state index contributed by atoms with van der Waals surface area (Å²) in [5.41, 5.74) is 2.85. The zero-order valence-corrected chi connectivity index (χ0v) is 13.6. The van der Waals surface area contributed by atoms with Crippen LogP contribution in [0.3, 0.4) is 0 Å². The molecule has 21 heavy (non-hydrogen) atoms. The molecule has 0 aliphatic carbocycles. The number of fused-ring (bicyclic) bond motifs is 1. The molecule has 1 aromatic carbocycles. The second kappa shape index (κ2) is 5.85. The smallest absolute Gasteiger partial charge is 0.298 e. The summed E-state index contributed by atoms with van der Waals surface area (Å²) in [6.45, 7) is 9.43. The molecule has 1 saturated heterocycles. The number of halogens is 1. The van der Waals surface area contributed by atoms with Crippen LogP contribution in [0.25, 0.3) is 11.1 Å². The van der Waals surface area contributed by atoms with Gasteiger partial charge < -0.3 is 14.6 Å². The number of piperazine rings is 1. The molecule has 0 unspecified atom stereocenters. The molecule has 1 aromatic heterocycles. The first-order valence-corrected chi connectivity index (χ1v) is 8.04. The average molecular weight is 308 g/mol. The van der Waals surface area contributed by atoms with E-state index in [1.165, 1.54) is 0 Å². The molecule has 1 aliphatic heterocycles. The minimum Gasteiger partial charge on any atom is -0.423 e. The van der Waals surface area contributed by atoms with Crippen molar-refractivity contribution in [2.75, 3.05) is 24.5 Å². The molecule has 114 valence electrons. The lowest BCUT2D eigenvalue weighted by atomic mass is 10.0. The maximum atomic E-state index is 6.17. The highest BCUT2D eigenvalue weighted by Crippen LogP contribution is 2.30. The second-order valence-electron chi connectivity index (χ2n) is 5.97. The summed E-state index contributed by atoms with van der Waals surface area (Å²) < 4.78 is 6.09. The number of aromatic nitrogens is 1. The first kappa shape index (κ1) is 14.7. The van der Waals surface area contributed by atoms with Crippen molar-refractivity contribution in [2.45, 2.75) is 33.2 Å². The number of benzene rings is 1. The number of anilines is 1. The maximum Gasteiger partial charge on any atom is 0.298 e. The maximum absolute atomic E-state index is 6.17. The van der Waals surface area contributed by atoms with Crippen molar-refractivity contribution in [2.24, 2.45) is 5.92 Å². The van der Waals surface area contributed by atoms with Crippen LogP contribution in [-0.2, 0) is 6.42 Å². The topological polar surface area (TPSA) is 41.3 Å². The number of hydrogen-bond acceptors (Lipinski definition) is 4. The summed E-state index contributed by atoms with van der Waals surface area (Å²) in [4.78, 5) is 6.97. The molecule has 1 aliphatic rings. The van der Waals surface area contributed by atoms with Gasteiger partial charge in [0.25, 0.3) is 6.01 Å². The third-order valence-corrected chi connectivity index (χ3v) is 4.42. The monoisotopic (exact) mass is 307 g/mol. The standard InChI is InChI=1S/C16H22ClN3O/c1-4-11-7-12(17)8-13-15(11)21-16(19-13)20-6-5-18-9-14(20)10(2)3/h7-8,10,14,18H,4-6,9H2,1-3H3/t14-/m1/s1. The summed E-state index contributed by atoms with van der Waals surface area (Å²) in [6, 6.07) is 4.99. The van der Waals surface area contributed by atoms with E-state index in [4.69, 9.17) is 16.0 Å². The predicted octanol–water partition coefficient (Wildman–Crippen LogP) is 3.48. The van der Waals surface area contributed by atoms with E-state index in [-0.39, 0.29) is 0 Å². The average Bonchev–Trinajstić information content (AvgIpc) is 2.89. The molecule has 2 aromatic rings. The molecule has 1 N–H and O–H groups in total. The van der Waals surface area contributed by atoms with E-state index >= 15 is 0 Å². The molecule has 0 bridgehead atoms. The van der Waals surface area contributed by atoms with Crippen LogP contribution in [0.2, 0.25) is 5.02 Å². The van der Waals surface area contributed by atoms with Crippen molar-refractivity contribution in [1.82, 2.24) is 10.3 Å². The number of rotatable bonds is 3. The van der Waals surface area contributed by atoms with E-state index in [0.29, 0.717) is 12.0 Å².